The van der Waals surface area contributed by atoms with Crippen molar-refractivity contribution in [2.75, 3.05) is 6.54 Å². The van der Waals surface area contributed by atoms with Crippen LogP contribution in [-0.4, -0.2) is 38.7 Å². The highest BCUT2D eigenvalue weighted by Gasteiger charge is 2.39. The predicted molar refractivity (Wildman–Crippen MR) is 83.5 cm³/mol. The van der Waals surface area contributed by atoms with Gasteiger partial charge in [0.2, 0.25) is 11.8 Å². The summed E-state index contributed by atoms with van der Waals surface area (Å²) in [4.78, 5) is 18.3. The van der Waals surface area contributed by atoms with E-state index in [1.165, 1.54) is 17.0 Å². The Balaban J connectivity index is 1.74. The van der Waals surface area contributed by atoms with E-state index in [-0.39, 0.29) is 30.3 Å². The fourth-order valence-electron chi connectivity index (χ4n) is 3.16. The third-order valence-electron chi connectivity index (χ3n) is 4.40. The number of aromatic nitrogens is 2. The van der Waals surface area contributed by atoms with E-state index in [0.717, 1.165) is 6.07 Å². The number of benzene rings is 1. The molecule has 1 aliphatic heterocycles. The second-order valence-electron chi connectivity index (χ2n) is 6.40. The molecule has 1 saturated heterocycles. The Labute approximate surface area is 143 Å². The van der Waals surface area contributed by atoms with E-state index in [2.05, 4.69) is 10.1 Å². The molecule has 25 heavy (non-hydrogen) atoms. The average Bonchev–Trinajstić information content (AvgIpc) is 3.12. The Bertz CT molecular complexity index is 780. The second kappa shape index (κ2) is 6.87. The van der Waals surface area contributed by atoms with Crippen molar-refractivity contribution < 1.29 is 23.2 Å². The predicted octanol–water partition coefficient (Wildman–Crippen LogP) is 2.48. The van der Waals surface area contributed by atoms with Gasteiger partial charge in [0.05, 0.1) is 6.10 Å². The minimum absolute atomic E-state index is 0.0267. The Hall–Kier alpha value is -2.35. The Morgan fingerprint density at radius 2 is 2.24 bits per heavy atom. The summed E-state index contributed by atoms with van der Waals surface area (Å²) >= 11 is 0. The zero-order chi connectivity index (χ0) is 18.1. The molecule has 2 heterocycles. The minimum Gasteiger partial charge on any atom is -0.391 e. The monoisotopic (exact) mass is 351 g/mol. The number of carbonyl (C=O) groups is 1. The van der Waals surface area contributed by atoms with E-state index < -0.39 is 29.7 Å². The normalized spacial score (nSPS) is 21.6. The lowest BCUT2D eigenvalue weighted by Crippen LogP contribution is -2.32. The van der Waals surface area contributed by atoms with Crippen molar-refractivity contribution in [2.24, 2.45) is 0 Å². The maximum Gasteiger partial charge on any atom is 0.249 e. The molecule has 1 amide bonds. The third-order valence-corrected chi connectivity index (χ3v) is 4.40. The molecule has 1 aliphatic rings. The van der Waals surface area contributed by atoms with Crippen LogP contribution in [0, 0.1) is 18.6 Å². The molecule has 1 fully saturated rings. The van der Waals surface area contributed by atoms with Crippen molar-refractivity contribution in [1.82, 2.24) is 15.0 Å². The molecule has 0 aliphatic carbocycles. The number of halogens is 2. The average molecular weight is 351 g/mol. The molecule has 2 aromatic rings. The van der Waals surface area contributed by atoms with Gasteiger partial charge in [-0.25, -0.2) is 8.78 Å². The highest BCUT2D eigenvalue weighted by atomic mass is 19.1. The number of aryl methyl sites for hydroxylation is 1. The highest BCUT2D eigenvalue weighted by molar-refractivity contribution is 5.78. The number of rotatable bonds is 4. The van der Waals surface area contributed by atoms with Gasteiger partial charge in [0, 0.05) is 25.5 Å². The Morgan fingerprint density at radius 3 is 2.88 bits per heavy atom. The van der Waals surface area contributed by atoms with Crippen LogP contribution in [-0.2, 0) is 4.79 Å². The molecular weight excluding hydrogens is 332 g/mol. The van der Waals surface area contributed by atoms with Gasteiger partial charge >= 0.3 is 0 Å². The van der Waals surface area contributed by atoms with Gasteiger partial charge in [0.15, 0.2) is 5.82 Å². The largest absolute Gasteiger partial charge is 0.391 e. The fourth-order valence-corrected chi connectivity index (χ4v) is 3.16. The quantitative estimate of drug-likeness (QED) is 0.915. The van der Waals surface area contributed by atoms with E-state index >= 15 is 0 Å². The summed E-state index contributed by atoms with van der Waals surface area (Å²) in [6.45, 7) is 3.53. The third kappa shape index (κ3) is 3.68. The van der Waals surface area contributed by atoms with Crippen LogP contribution in [0.2, 0.25) is 0 Å². The number of carbonyl (C=O) groups excluding carboxylic acids is 1. The van der Waals surface area contributed by atoms with Crippen LogP contribution in [0.15, 0.2) is 22.7 Å². The van der Waals surface area contributed by atoms with Crippen molar-refractivity contribution in [3.05, 3.63) is 47.1 Å². The second-order valence-corrected chi connectivity index (χ2v) is 6.40. The molecule has 134 valence electrons. The van der Waals surface area contributed by atoms with Gasteiger partial charge in [-0.2, -0.15) is 4.98 Å². The van der Waals surface area contributed by atoms with Gasteiger partial charge in [-0.3, -0.25) is 4.79 Å². The molecule has 1 aromatic carbocycles. The van der Waals surface area contributed by atoms with Crippen molar-refractivity contribution in [3.8, 4) is 0 Å². The molecule has 3 atom stereocenters. The number of aliphatic hydroxyl groups is 1. The van der Waals surface area contributed by atoms with Crippen LogP contribution >= 0.6 is 0 Å². The summed E-state index contributed by atoms with van der Waals surface area (Å²) in [7, 11) is 0. The van der Waals surface area contributed by atoms with Gasteiger partial charge in [-0.15, -0.1) is 0 Å². The first-order chi connectivity index (χ1) is 11.8. The van der Waals surface area contributed by atoms with E-state index in [0.29, 0.717) is 12.2 Å². The summed E-state index contributed by atoms with van der Waals surface area (Å²) in [5.41, 5.74) is 0.277. The number of β-amino-alcohol motifs (C(OH)–C–C–N with tert-alkyl or cyclic N) is 1. The number of aliphatic hydroxyl groups excluding tert-OH is 1. The van der Waals surface area contributed by atoms with Crippen molar-refractivity contribution in [1.29, 1.82) is 0 Å². The lowest BCUT2D eigenvalue weighted by molar-refractivity contribution is -0.133. The fraction of sp³-hybridized carbons (Fsp3) is 0.471. The van der Waals surface area contributed by atoms with Crippen LogP contribution in [0.1, 0.15) is 49.0 Å². The first-order valence-corrected chi connectivity index (χ1v) is 8.08. The van der Waals surface area contributed by atoms with E-state index in [1.807, 2.05) is 0 Å². The molecule has 0 spiro atoms. The van der Waals surface area contributed by atoms with Crippen LogP contribution in [0.25, 0.3) is 0 Å². The maximum atomic E-state index is 13.9. The van der Waals surface area contributed by atoms with Crippen LogP contribution < -0.4 is 0 Å². The molecule has 1 aromatic heterocycles. The molecule has 3 rings (SSSR count). The Morgan fingerprint density at radius 1 is 1.48 bits per heavy atom. The minimum atomic E-state index is -0.681. The van der Waals surface area contributed by atoms with Crippen molar-refractivity contribution in [3.63, 3.8) is 0 Å². The molecule has 0 saturated carbocycles. The number of hydrogen-bond acceptors (Lipinski definition) is 5. The molecule has 8 heteroatoms. The number of amides is 1. The Kier molecular flexibility index (Phi) is 4.80. The van der Waals surface area contributed by atoms with E-state index in [1.54, 1.807) is 13.8 Å². The number of hydrogen-bond donors (Lipinski definition) is 1. The van der Waals surface area contributed by atoms with Crippen LogP contribution in [0.5, 0.6) is 0 Å². The number of likely N-dealkylation sites (tertiary alicyclic amines) is 1. The molecule has 6 nitrogen and oxygen atoms in total. The first kappa shape index (κ1) is 17.5. The van der Waals surface area contributed by atoms with Crippen LogP contribution in [0.3, 0.4) is 0 Å². The van der Waals surface area contributed by atoms with Gasteiger partial charge < -0.3 is 14.5 Å². The van der Waals surface area contributed by atoms with E-state index in [4.69, 9.17) is 4.52 Å². The van der Waals surface area contributed by atoms with Gasteiger partial charge in [0.25, 0.3) is 0 Å². The van der Waals surface area contributed by atoms with Gasteiger partial charge in [0.1, 0.15) is 17.7 Å². The van der Waals surface area contributed by atoms with Gasteiger partial charge in [-0.1, -0.05) is 18.1 Å². The lowest BCUT2D eigenvalue weighted by atomic mass is 9.96. The summed E-state index contributed by atoms with van der Waals surface area (Å²) in [5.74, 6) is -1.29. The molecular formula is C17H19F2N3O3. The highest BCUT2D eigenvalue weighted by Crippen LogP contribution is 2.33. The number of nitrogens with zero attached hydrogens (tertiary/aromatic N) is 3. The zero-order valence-corrected chi connectivity index (χ0v) is 13.9. The topological polar surface area (TPSA) is 79.5 Å². The zero-order valence-electron chi connectivity index (χ0n) is 13.9. The maximum absolute atomic E-state index is 13.9. The molecule has 1 N–H and O–H groups in total. The van der Waals surface area contributed by atoms with Gasteiger partial charge in [-0.05, 0) is 24.5 Å². The molecule has 0 unspecified atom stereocenters. The SMILES string of the molecule is Cc1noc([C@H]2C[C@@H](O)CN2C(=O)C[C@@H](C)c2ccc(F)cc2F)n1. The summed E-state index contributed by atoms with van der Waals surface area (Å²) in [6.07, 6.45) is -0.343. The summed E-state index contributed by atoms with van der Waals surface area (Å²) in [6, 6.07) is 2.83. The van der Waals surface area contributed by atoms with Crippen molar-refractivity contribution >= 4 is 5.91 Å². The van der Waals surface area contributed by atoms with Crippen molar-refractivity contribution in [2.45, 2.75) is 44.8 Å². The first-order valence-electron chi connectivity index (χ1n) is 8.08. The summed E-state index contributed by atoms with van der Waals surface area (Å²) < 4.78 is 32.1. The molecule has 0 bridgehead atoms. The molecule has 0 radical (unpaired) electrons. The van der Waals surface area contributed by atoms with E-state index in [9.17, 15) is 18.7 Å². The lowest BCUT2D eigenvalue weighted by Gasteiger charge is -2.23. The summed E-state index contributed by atoms with van der Waals surface area (Å²) in [5, 5.41) is 13.6. The van der Waals surface area contributed by atoms with Crippen LogP contribution in [0.4, 0.5) is 8.78 Å². The standard InChI is InChI=1S/C17H19F2N3O3/c1-9(13-4-3-11(18)6-14(13)19)5-16(24)22-8-12(23)7-15(22)17-20-10(2)21-25-17/h3-4,6,9,12,15,23H,5,7-8H2,1-2H3/t9-,12-,15-/m1/s1. The smallest absolute Gasteiger partial charge is 0.249 e.